The van der Waals surface area contributed by atoms with Gasteiger partial charge in [-0.2, -0.15) is 0 Å². The Bertz CT molecular complexity index is 649. The van der Waals surface area contributed by atoms with Crippen molar-refractivity contribution in [2.45, 2.75) is 45.4 Å². The molecule has 1 aliphatic heterocycles. The van der Waals surface area contributed by atoms with E-state index in [0.29, 0.717) is 12.3 Å². The SMILES string of the molecule is CCn1ccnc1[C@H]1OCCC[C@@H]1NC(=O)c1ocnc1C. The first-order valence-corrected chi connectivity index (χ1v) is 7.54. The Balaban J connectivity index is 1.78. The maximum absolute atomic E-state index is 12.3. The molecule has 0 unspecified atom stereocenters. The van der Waals surface area contributed by atoms with E-state index < -0.39 is 0 Å². The van der Waals surface area contributed by atoms with E-state index in [1.54, 1.807) is 13.1 Å². The van der Waals surface area contributed by atoms with Gasteiger partial charge in [0.25, 0.3) is 5.91 Å². The summed E-state index contributed by atoms with van der Waals surface area (Å²) in [5.74, 6) is 0.843. The Morgan fingerprint density at radius 3 is 3.09 bits per heavy atom. The molecule has 22 heavy (non-hydrogen) atoms. The van der Waals surface area contributed by atoms with Gasteiger partial charge in [0.15, 0.2) is 6.39 Å². The quantitative estimate of drug-likeness (QED) is 0.932. The molecule has 1 N–H and O–H groups in total. The van der Waals surface area contributed by atoms with Crippen LogP contribution in [-0.4, -0.2) is 33.1 Å². The number of imidazole rings is 1. The molecule has 7 heteroatoms. The van der Waals surface area contributed by atoms with E-state index in [0.717, 1.165) is 25.2 Å². The lowest BCUT2D eigenvalue weighted by molar-refractivity contribution is -0.0165. The molecule has 7 nitrogen and oxygen atoms in total. The van der Waals surface area contributed by atoms with E-state index in [9.17, 15) is 4.79 Å². The van der Waals surface area contributed by atoms with Crippen LogP contribution in [-0.2, 0) is 11.3 Å². The average Bonchev–Trinajstić information content (AvgIpc) is 3.16. The second kappa shape index (κ2) is 6.31. The van der Waals surface area contributed by atoms with Crippen molar-refractivity contribution in [1.82, 2.24) is 19.9 Å². The maximum Gasteiger partial charge on any atom is 0.289 e. The van der Waals surface area contributed by atoms with Crippen molar-refractivity contribution in [3.05, 3.63) is 36.1 Å². The molecule has 0 aromatic carbocycles. The summed E-state index contributed by atoms with van der Waals surface area (Å²) in [5.41, 5.74) is 0.584. The molecule has 0 saturated carbocycles. The van der Waals surface area contributed by atoms with Gasteiger partial charge in [-0.25, -0.2) is 9.97 Å². The molecule has 118 valence electrons. The third kappa shape index (κ3) is 2.76. The van der Waals surface area contributed by atoms with E-state index in [1.165, 1.54) is 6.39 Å². The summed E-state index contributed by atoms with van der Waals surface area (Å²) >= 11 is 0. The first-order valence-electron chi connectivity index (χ1n) is 7.54. The van der Waals surface area contributed by atoms with E-state index in [4.69, 9.17) is 9.15 Å². The fraction of sp³-hybridized carbons (Fsp3) is 0.533. The first-order chi connectivity index (χ1) is 10.7. The predicted octanol–water partition coefficient (Wildman–Crippen LogP) is 1.85. The zero-order valence-electron chi connectivity index (χ0n) is 12.8. The van der Waals surface area contributed by atoms with E-state index in [2.05, 4.69) is 22.2 Å². The Morgan fingerprint density at radius 2 is 2.36 bits per heavy atom. The normalized spacial score (nSPS) is 21.7. The van der Waals surface area contributed by atoms with Crippen molar-refractivity contribution in [3.63, 3.8) is 0 Å². The number of hydrogen-bond acceptors (Lipinski definition) is 5. The number of aryl methyl sites for hydroxylation is 2. The van der Waals surface area contributed by atoms with Crippen LogP contribution in [0.25, 0.3) is 0 Å². The largest absolute Gasteiger partial charge is 0.438 e. The summed E-state index contributed by atoms with van der Waals surface area (Å²) in [7, 11) is 0. The van der Waals surface area contributed by atoms with E-state index >= 15 is 0 Å². The summed E-state index contributed by atoms with van der Waals surface area (Å²) in [6, 6.07) is -0.126. The molecular weight excluding hydrogens is 284 g/mol. The monoisotopic (exact) mass is 304 g/mol. The van der Waals surface area contributed by atoms with Crippen molar-refractivity contribution < 1.29 is 13.9 Å². The number of amides is 1. The standard InChI is InChI=1S/C15H20N4O3/c1-3-19-7-6-16-14(19)13-11(5-4-8-21-13)18-15(20)12-10(2)17-9-22-12/h6-7,9,11,13H,3-5,8H2,1-2H3,(H,18,20)/t11-,13-/m0/s1. The number of carbonyl (C=O) groups is 1. The van der Waals surface area contributed by atoms with Crippen molar-refractivity contribution in [1.29, 1.82) is 0 Å². The van der Waals surface area contributed by atoms with Gasteiger partial charge in [-0.05, 0) is 26.7 Å². The summed E-state index contributed by atoms with van der Waals surface area (Å²) in [6.07, 6.45) is 6.48. The van der Waals surface area contributed by atoms with Crippen LogP contribution in [0.15, 0.2) is 23.2 Å². The van der Waals surface area contributed by atoms with Crippen LogP contribution >= 0.6 is 0 Å². The summed E-state index contributed by atoms with van der Waals surface area (Å²) in [5, 5.41) is 3.00. The molecule has 2 aromatic rings. The molecule has 1 aliphatic rings. The van der Waals surface area contributed by atoms with Gasteiger partial charge < -0.3 is 19.0 Å². The molecular formula is C15H20N4O3. The van der Waals surface area contributed by atoms with Gasteiger partial charge in [-0.3, -0.25) is 4.79 Å². The number of oxazole rings is 1. The van der Waals surface area contributed by atoms with Crippen molar-refractivity contribution in [2.75, 3.05) is 6.61 Å². The first kappa shape index (κ1) is 14.8. The summed E-state index contributed by atoms with van der Waals surface area (Å²) in [4.78, 5) is 20.7. The van der Waals surface area contributed by atoms with Gasteiger partial charge in [0.2, 0.25) is 5.76 Å². The molecule has 0 bridgehead atoms. The molecule has 0 spiro atoms. The maximum atomic E-state index is 12.3. The zero-order valence-corrected chi connectivity index (χ0v) is 12.8. The molecule has 3 rings (SSSR count). The van der Waals surface area contributed by atoms with Gasteiger partial charge in [0.1, 0.15) is 11.9 Å². The number of nitrogens with zero attached hydrogens (tertiary/aromatic N) is 3. The highest BCUT2D eigenvalue weighted by atomic mass is 16.5. The minimum Gasteiger partial charge on any atom is -0.438 e. The number of ether oxygens (including phenoxy) is 1. The fourth-order valence-electron chi connectivity index (χ4n) is 2.78. The third-order valence-corrected chi connectivity index (χ3v) is 3.93. The lowest BCUT2D eigenvalue weighted by Gasteiger charge is -2.32. The molecule has 1 saturated heterocycles. The van der Waals surface area contributed by atoms with E-state index in [-0.39, 0.29) is 23.8 Å². The van der Waals surface area contributed by atoms with Crippen LogP contribution in [0.4, 0.5) is 0 Å². The molecule has 0 aliphatic carbocycles. The lowest BCUT2D eigenvalue weighted by Crippen LogP contribution is -2.43. The van der Waals surface area contributed by atoms with Crippen molar-refractivity contribution >= 4 is 5.91 Å². The third-order valence-electron chi connectivity index (χ3n) is 3.93. The van der Waals surface area contributed by atoms with Gasteiger partial charge in [0, 0.05) is 25.5 Å². The molecule has 0 radical (unpaired) electrons. The fourth-order valence-corrected chi connectivity index (χ4v) is 2.78. The summed E-state index contributed by atoms with van der Waals surface area (Å²) < 4.78 is 13.1. The van der Waals surface area contributed by atoms with Crippen LogP contribution in [0, 0.1) is 6.92 Å². The lowest BCUT2D eigenvalue weighted by atomic mass is 10.0. The predicted molar refractivity (Wildman–Crippen MR) is 78.3 cm³/mol. The highest BCUT2D eigenvalue weighted by Crippen LogP contribution is 2.27. The van der Waals surface area contributed by atoms with Crippen LogP contribution in [0.2, 0.25) is 0 Å². The summed E-state index contributed by atoms with van der Waals surface area (Å²) in [6.45, 7) is 5.29. The second-order valence-electron chi connectivity index (χ2n) is 5.35. The molecule has 1 amide bonds. The number of carbonyl (C=O) groups excluding carboxylic acids is 1. The van der Waals surface area contributed by atoms with Crippen LogP contribution < -0.4 is 5.32 Å². The Morgan fingerprint density at radius 1 is 1.50 bits per heavy atom. The average molecular weight is 304 g/mol. The van der Waals surface area contributed by atoms with Gasteiger partial charge in [0.05, 0.1) is 11.7 Å². The zero-order chi connectivity index (χ0) is 15.5. The Hall–Kier alpha value is -2.15. The Labute approximate surface area is 128 Å². The molecule has 2 atom stereocenters. The minimum atomic E-state index is -0.259. The van der Waals surface area contributed by atoms with Gasteiger partial charge in [-0.1, -0.05) is 0 Å². The topological polar surface area (TPSA) is 82.2 Å². The highest BCUT2D eigenvalue weighted by molar-refractivity contribution is 5.92. The minimum absolute atomic E-state index is 0.126. The van der Waals surface area contributed by atoms with Gasteiger partial charge in [-0.15, -0.1) is 0 Å². The molecule has 3 heterocycles. The Kier molecular flexibility index (Phi) is 4.24. The van der Waals surface area contributed by atoms with Crippen LogP contribution in [0.1, 0.15) is 47.9 Å². The number of nitrogens with one attached hydrogen (secondary N) is 1. The van der Waals surface area contributed by atoms with Gasteiger partial charge >= 0.3 is 0 Å². The van der Waals surface area contributed by atoms with E-state index in [1.807, 2.05) is 10.8 Å². The van der Waals surface area contributed by atoms with Crippen molar-refractivity contribution in [3.8, 4) is 0 Å². The van der Waals surface area contributed by atoms with Crippen LogP contribution in [0.5, 0.6) is 0 Å². The highest BCUT2D eigenvalue weighted by Gasteiger charge is 2.32. The number of rotatable bonds is 4. The van der Waals surface area contributed by atoms with Crippen molar-refractivity contribution in [2.24, 2.45) is 0 Å². The number of aromatic nitrogens is 3. The second-order valence-corrected chi connectivity index (χ2v) is 5.35. The van der Waals surface area contributed by atoms with Crippen LogP contribution in [0.3, 0.4) is 0 Å². The number of hydrogen-bond donors (Lipinski definition) is 1. The smallest absolute Gasteiger partial charge is 0.289 e. The molecule has 2 aromatic heterocycles. The molecule has 1 fully saturated rings.